The van der Waals surface area contributed by atoms with Crippen molar-refractivity contribution in [2.45, 2.75) is 20.3 Å². The molecule has 0 aliphatic carbocycles. The number of hydrogen-bond donors (Lipinski definition) is 3. The van der Waals surface area contributed by atoms with Gasteiger partial charge in [-0.25, -0.2) is 0 Å². The Balaban J connectivity index is 1.70. The Morgan fingerprint density at radius 2 is 1.52 bits per heavy atom. The topological polar surface area (TPSA) is 96.5 Å². The minimum absolute atomic E-state index is 0.0763. The fraction of sp³-hybridized carbons (Fsp3) is 0.318. The summed E-state index contributed by atoms with van der Waals surface area (Å²) in [6.07, 6.45) is 0.265. The standard InChI is InChI=1S/C22H27N3O4/c1-15(2)21(27)25-18-8-6-17(7-9-18)22(28)24-13-12-23-20(26)14-16-4-10-19(29-3)11-5-16/h4-11,15H,12-14H2,1-3H3,(H,23,26)(H,24,28)(H,25,27). The Bertz CT molecular complexity index is 830. The number of methoxy groups -OCH3 is 1. The van der Waals surface area contributed by atoms with Crippen LogP contribution in [0.5, 0.6) is 5.75 Å². The minimum Gasteiger partial charge on any atom is -0.497 e. The van der Waals surface area contributed by atoms with Crippen molar-refractivity contribution in [2.24, 2.45) is 5.92 Å². The lowest BCUT2D eigenvalue weighted by Crippen LogP contribution is -2.35. The van der Waals surface area contributed by atoms with Gasteiger partial charge in [-0.3, -0.25) is 14.4 Å². The van der Waals surface area contributed by atoms with Gasteiger partial charge in [-0.05, 0) is 42.0 Å². The van der Waals surface area contributed by atoms with Gasteiger partial charge in [0.1, 0.15) is 5.75 Å². The Hall–Kier alpha value is -3.35. The summed E-state index contributed by atoms with van der Waals surface area (Å²) in [7, 11) is 1.59. The molecule has 0 saturated carbocycles. The predicted molar refractivity (Wildman–Crippen MR) is 112 cm³/mol. The van der Waals surface area contributed by atoms with Crippen molar-refractivity contribution >= 4 is 23.4 Å². The smallest absolute Gasteiger partial charge is 0.251 e. The maximum absolute atomic E-state index is 12.2. The number of anilines is 1. The molecule has 2 rings (SSSR count). The molecule has 0 saturated heterocycles. The van der Waals surface area contributed by atoms with E-state index in [1.807, 2.05) is 38.1 Å². The molecule has 0 spiro atoms. The van der Waals surface area contributed by atoms with Crippen LogP contribution in [0, 0.1) is 5.92 Å². The Labute approximate surface area is 170 Å². The third-order valence-corrected chi connectivity index (χ3v) is 4.20. The molecule has 3 amide bonds. The molecule has 0 aromatic heterocycles. The Kier molecular flexibility index (Phi) is 8.21. The van der Waals surface area contributed by atoms with E-state index < -0.39 is 0 Å². The first-order chi connectivity index (χ1) is 13.9. The van der Waals surface area contributed by atoms with E-state index in [4.69, 9.17) is 4.74 Å². The first-order valence-electron chi connectivity index (χ1n) is 9.48. The van der Waals surface area contributed by atoms with Crippen molar-refractivity contribution in [2.75, 3.05) is 25.5 Å². The van der Waals surface area contributed by atoms with Crippen LogP contribution in [0.15, 0.2) is 48.5 Å². The van der Waals surface area contributed by atoms with Gasteiger partial charge in [0.15, 0.2) is 0 Å². The van der Waals surface area contributed by atoms with Crippen LogP contribution in [0.25, 0.3) is 0 Å². The number of ether oxygens (including phenoxy) is 1. The first-order valence-corrected chi connectivity index (χ1v) is 9.48. The molecule has 0 aliphatic rings. The maximum atomic E-state index is 12.2. The van der Waals surface area contributed by atoms with Crippen LogP contribution in [-0.4, -0.2) is 37.9 Å². The van der Waals surface area contributed by atoms with Crippen LogP contribution >= 0.6 is 0 Å². The Morgan fingerprint density at radius 1 is 0.897 bits per heavy atom. The molecule has 0 atom stereocenters. The molecule has 0 fully saturated rings. The average molecular weight is 397 g/mol. The summed E-state index contributed by atoms with van der Waals surface area (Å²) in [5.41, 5.74) is 2.01. The molecule has 0 heterocycles. The zero-order chi connectivity index (χ0) is 21.2. The second-order valence-electron chi connectivity index (χ2n) is 6.85. The highest BCUT2D eigenvalue weighted by atomic mass is 16.5. The van der Waals surface area contributed by atoms with E-state index in [0.717, 1.165) is 11.3 Å². The molecular formula is C22H27N3O4. The Morgan fingerprint density at radius 3 is 2.10 bits per heavy atom. The second-order valence-corrected chi connectivity index (χ2v) is 6.85. The number of hydrogen-bond acceptors (Lipinski definition) is 4. The van der Waals surface area contributed by atoms with Gasteiger partial charge in [0.2, 0.25) is 11.8 Å². The lowest BCUT2D eigenvalue weighted by atomic mass is 10.1. The summed E-state index contributed by atoms with van der Waals surface area (Å²) in [4.78, 5) is 35.8. The lowest BCUT2D eigenvalue weighted by molar-refractivity contribution is -0.120. The SMILES string of the molecule is COc1ccc(CC(=O)NCCNC(=O)c2ccc(NC(=O)C(C)C)cc2)cc1. The van der Waals surface area contributed by atoms with Gasteiger partial charge in [-0.15, -0.1) is 0 Å². The van der Waals surface area contributed by atoms with E-state index in [1.165, 1.54) is 0 Å². The second kappa shape index (κ2) is 10.8. The number of benzene rings is 2. The normalized spacial score (nSPS) is 10.3. The van der Waals surface area contributed by atoms with Crippen LogP contribution in [0.3, 0.4) is 0 Å². The van der Waals surface area contributed by atoms with Crippen LogP contribution < -0.4 is 20.7 Å². The third kappa shape index (κ3) is 7.29. The zero-order valence-corrected chi connectivity index (χ0v) is 17.0. The molecular weight excluding hydrogens is 370 g/mol. The largest absolute Gasteiger partial charge is 0.497 e. The summed E-state index contributed by atoms with van der Waals surface area (Å²) in [5, 5.41) is 8.30. The van der Waals surface area contributed by atoms with Crippen LogP contribution in [0.1, 0.15) is 29.8 Å². The molecule has 0 bridgehead atoms. The van der Waals surface area contributed by atoms with Crippen LogP contribution in [0.2, 0.25) is 0 Å². The molecule has 0 aliphatic heterocycles. The fourth-order valence-corrected chi connectivity index (χ4v) is 2.46. The average Bonchev–Trinajstić information content (AvgIpc) is 2.72. The highest BCUT2D eigenvalue weighted by molar-refractivity contribution is 5.96. The van der Waals surface area contributed by atoms with Gasteiger partial charge in [-0.2, -0.15) is 0 Å². The molecule has 7 nitrogen and oxygen atoms in total. The number of carbonyl (C=O) groups is 3. The van der Waals surface area contributed by atoms with Crippen molar-refractivity contribution in [3.63, 3.8) is 0 Å². The van der Waals surface area contributed by atoms with E-state index in [-0.39, 0.29) is 30.1 Å². The van der Waals surface area contributed by atoms with Gasteiger partial charge in [-0.1, -0.05) is 26.0 Å². The zero-order valence-electron chi connectivity index (χ0n) is 17.0. The van der Waals surface area contributed by atoms with Gasteiger partial charge in [0, 0.05) is 30.3 Å². The molecule has 2 aromatic rings. The van der Waals surface area contributed by atoms with Gasteiger partial charge < -0.3 is 20.7 Å². The molecule has 0 radical (unpaired) electrons. The number of rotatable bonds is 9. The summed E-state index contributed by atoms with van der Waals surface area (Å²) >= 11 is 0. The number of carbonyl (C=O) groups excluding carboxylic acids is 3. The fourth-order valence-electron chi connectivity index (χ4n) is 2.46. The van der Waals surface area contributed by atoms with Crippen molar-refractivity contribution in [1.29, 1.82) is 0 Å². The molecule has 7 heteroatoms. The minimum atomic E-state index is -0.240. The monoisotopic (exact) mass is 397 g/mol. The summed E-state index contributed by atoms with van der Waals surface area (Å²) in [5.74, 6) is 0.198. The quantitative estimate of drug-likeness (QED) is 0.566. The highest BCUT2D eigenvalue weighted by Crippen LogP contribution is 2.12. The van der Waals surface area contributed by atoms with Crippen LogP contribution in [-0.2, 0) is 16.0 Å². The van der Waals surface area contributed by atoms with Crippen molar-refractivity contribution < 1.29 is 19.1 Å². The van der Waals surface area contributed by atoms with Crippen molar-refractivity contribution in [1.82, 2.24) is 10.6 Å². The van der Waals surface area contributed by atoms with Crippen LogP contribution in [0.4, 0.5) is 5.69 Å². The van der Waals surface area contributed by atoms with E-state index in [9.17, 15) is 14.4 Å². The van der Waals surface area contributed by atoms with Crippen molar-refractivity contribution in [3.8, 4) is 5.75 Å². The summed E-state index contributed by atoms with van der Waals surface area (Å²) < 4.78 is 5.09. The molecule has 29 heavy (non-hydrogen) atoms. The molecule has 3 N–H and O–H groups in total. The third-order valence-electron chi connectivity index (χ3n) is 4.20. The van der Waals surface area contributed by atoms with Gasteiger partial charge >= 0.3 is 0 Å². The maximum Gasteiger partial charge on any atom is 0.251 e. The summed E-state index contributed by atoms with van der Waals surface area (Å²) in [6, 6.07) is 14.0. The molecule has 154 valence electrons. The predicted octanol–water partition coefficient (Wildman–Crippen LogP) is 2.38. The first kappa shape index (κ1) is 21.9. The molecule has 2 aromatic carbocycles. The van der Waals surface area contributed by atoms with E-state index in [2.05, 4.69) is 16.0 Å². The van der Waals surface area contributed by atoms with Crippen molar-refractivity contribution in [3.05, 3.63) is 59.7 Å². The molecule has 0 unspecified atom stereocenters. The number of amides is 3. The van der Waals surface area contributed by atoms with E-state index in [1.54, 1.807) is 31.4 Å². The van der Waals surface area contributed by atoms with Gasteiger partial charge in [0.05, 0.1) is 13.5 Å². The lowest BCUT2D eigenvalue weighted by Gasteiger charge is -2.09. The number of nitrogens with one attached hydrogen (secondary N) is 3. The van der Waals surface area contributed by atoms with E-state index in [0.29, 0.717) is 24.3 Å². The summed E-state index contributed by atoms with van der Waals surface area (Å²) in [6.45, 7) is 4.28. The van der Waals surface area contributed by atoms with E-state index >= 15 is 0 Å². The highest BCUT2D eigenvalue weighted by Gasteiger charge is 2.09. The van der Waals surface area contributed by atoms with Gasteiger partial charge in [0.25, 0.3) is 5.91 Å².